The molecule has 0 unspecified atom stereocenters. The zero-order valence-electron chi connectivity index (χ0n) is 13.5. The predicted octanol–water partition coefficient (Wildman–Crippen LogP) is 1.87. The third-order valence-electron chi connectivity index (χ3n) is 3.79. The molecule has 0 aliphatic heterocycles. The molecule has 2 N–H and O–H groups in total. The molecule has 0 radical (unpaired) electrons. The molecule has 1 aliphatic carbocycles. The highest BCUT2D eigenvalue weighted by molar-refractivity contribution is 7.92. The number of carbonyl (C=O) groups is 1. The number of sulfonamides is 1. The van der Waals surface area contributed by atoms with Crippen molar-refractivity contribution in [1.82, 2.24) is 19.5 Å². The van der Waals surface area contributed by atoms with Crippen LogP contribution < -0.4 is 10.0 Å². The Kier molecular flexibility index (Phi) is 5.21. The van der Waals surface area contributed by atoms with Gasteiger partial charge in [-0.05, 0) is 18.6 Å². The highest BCUT2D eigenvalue weighted by Crippen LogP contribution is 2.25. The molecular formula is C16H16ClN5O3S. The molecule has 1 aliphatic rings. The smallest absolute Gasteiger partial charge is 0.233 e. The van der Waals surface area contributed by atoms with Gasteiger partial charge >= 0.3 is 0 Å². The minimum Gasteiger partial charge on any atom is -0.322 e. The van der Waals surface area contributed by atoms with E-state index in [1.807, 2.05) is 0 Å². The van der Waals surface area contributed by atoms with Gasteiger partial charge in [-0.2, -0.15) is 5.10 Å². The predicted molar refractivity (Wildman–Crippen MR) is 98.3 cm³/mol. The minimum atomic E-state index is -3.55. The number of nitrogens with one attached hydrogen (secondary N) is 2. The molecule has 10 heteroatoms. The first-order valence-corrected chi connectivity index (χ1v) is 9.60. The van der Waals surface area contributed by atoms with E-state index in [9.17, 15) is 13.2 Å². The van der Waals surface area contributed by atoms with Crippen LogP contribution in [-0.2, 0) is 14.8 Å². The zero-order chi connectivity index (χ0) is 18.7. The van der Waals surface area contributed by atoms with Gasteiger partial charge < -0.3 is 5.32 Å². The summed E-state index contributed by atoms with van der Waals surface area (Å²) in [6.45, 7) is 3.24. The Labute approximate surface area is 155 Å². The molecule has 2 aromatic rings. The lowest BCUT2D eigenvalue weighted by molar-refractivity contribution is -0.118. The first kappa shape index (κ1) is 18.3. The Bertz CT molecular complexity index is 956. The molecule has 0 bridgehead atoms. The standard InChI is InChI=1S/C16H16ClN5O3S/c1-2-26(24,25)21-12-6-5-11(8-12)16(23)19-14-10-22(20-15(14)17)13-4-3-7-18-9-13/h2-7,9-12,21H,1,8H2,(H,19,23)/t11-,12+/m1/s1. The number of halogens is 1. The van der Waals surface area contributed by atoms with E-state index >= 15 is 0 Å². The van der Waals surface area contributed by atoms with Crippen LogP contribution in [0.5, 0.6) is 0 Å². The van der Waals surface area contributed by atoms with Gasteiger partial charge in [-0.1, -0.05) is 30.3 Å². The lowest BCUT2D eigenvalue weighted by atomic mass is 10.1. The molecule has 0 spiro atoms. The van der Waals surface area contributed by atoms with Crippen LogP contribution in [0.15, 0.2) is 54.9 Å². The number of carbonyl (C=O) groups excluding carboxylic acids is 1. The van der Waals surface area contributed by atoms with Crippen molar-refractivity contribution in [3.63, 3.8) is 0 Å². The molecule has 0 fully saturated rings. The van der Waals surface area contributed by atoms with Gasteiger partial charge in [-0.15, -0.1) is 0 Å². The van der Waals surface area contributed by atoms with Crippen molar-refractivity contribution in [2.45, 2.75) is 12.5 Å². The van der Waals surface area contributed by atoms with Crippen LogP contribution in [-0.4, -0.2) is 35.1 Å². The molecule has 0 saturated heterocycles. The first-order chi connectivity index (χ1) is 12.4. The van der Waals surface area contributed by atoms with Crippen LogP contribution in [0.25, 0.3) is 5.69 Å². The summed E-state index contributed by atoms with van der Waals surface area (Å²) >= 11 is 6.09. The van der Waals surface area contributed by atoms with Crippen molar-refractivity contribution in [2.24, 2.45) is 5.92 Å². The van der Waals surface area contributed by atoms with Crippen LogP contribution in [0.1, 0.15) is 6.42 Å². The average Bonchev–Trinajstić information content (AvgIpc) is 3.22. The van der Waals surface area contributed by atoms with E-state index in [1.165, 1.54) is 4.68 Å². The number of anilines is 1. The molecule has 2 aromatic heterocycles. The molecule has 136 valence electrons. The van der Waals surface area contributed by atoms with E-state index in [2.05, 4.69) is 26.7 Å². The van der Waals surface area contributed by atoms with Crippen molar-refractivity contribution < 1.29 is 13.2 Å². The van der Waals surface area contributed by atoms with E-state index in [-0.39, 0.29) is 11.1 Å². The second-order valence-corrected chi connectivity index (χ2v) is 7.66. The summed E-state index contributed by atoms with van der Waals surface area (Å²) in [4.78, 5) is 16.4. The number of amides is 1. The van der Waals surface area contributed by atoms with Gasteiger partial charge in [0.05, 0.1) is 29.7 Å². The summed E-state index contributed by atoms with van der Waals surface area (Å²) in [6, 6.07) is 3.11. The third-order valence-corrected chi connectivity index (χ3v) is 5.14. The fraction of sp³-hybridized carbons (Fsp3) is 0.188. The number of aromatic nitrogens is 3. The molecular weight excluding hydrogens is 378 g/mol. The quantitative estimate of drug-likeness (QED) is 0.729. The Morgan fingerprint density at radius 1 is 1.42 bits per heavy atom. The minimum absolute atomic E-state index is 0.146. The molecule has 8 nitrogen and oxygen atoms in total. The summed E-state index contributed by atoms with van der Waals surface area (Å²) < 4.78 is 27.0. The summed E-state index contributed by atoms with van der Waals surface area (Å²) in [5.74, 6) is -0.778. The van der Waals surface area contributed by atoms with Gasteiger partial charge in [0.25, 0.3) is 0 Å². The molecule has 2 heterocycles. The molecule has 0 saturated carbocycles. The summed E-state index contributed by atoms with van der Waals surface area (Å²) in [5, 5.41) is 7.84. The van der Waals surface area contributed by atoms with Gasteiger partial charge in [-0.3, -0.25) is 9.78 Å². The Morgan fingerprint density at radius 2 is 2.23 bits per heavy atom. The lowest BCUT2D eigenvalue weighted by Crippen LogP contribution is -2.32. The van der Waals surface area contributed by atoms with Gasteiger partial charge in [0.1, 0.15) is 0 Å². The number of nitrogens with zero attached hydrogens (tertiary/aromatic N) is 3. The van der Waals surface area contributed by atoms with Gasteiger partial charge in [0.15, 0.2) is 5.15 Å². The molecule has 3 rings (SSSR count). The van der Waals surface area contributed by atoms with E-state index in [1.54, 1.807) is 42.9 Å². The van der Waals surface area contributed by atoms with E-state index in [0.29, 0.717) is 17.8 Å². The van der Waals surface area contributed by atoms with Crippen molar-refractivity contribution >= 4 is 33.2 Å². The largest absolute Gasteiger partial charge is 0.322 e. The highest BCUT2D eigenvalue weighted by atomic mass is 35.5. The second kappa shape index (κ2) is 7.40. The molecule has 0 aromatic carbocycles. The summed E-state index contributed by atoms with van der Waals surface area (Å²) in [5.41, 5.74) is 1.07. The summed E-state index contributed by atoms with van der Waals surface area (Å²) in [7, 11) is -3.55. The fourth-order valence-corrected chi connectivity index (χ4v) is 3.39. The second-order valence-electron chi connectivity index (χ2n) is 5.64. The van der Waals surface area contributed by atoms with Crippen LogP contribution in [0.3, 0.4) is 0 Å². The fourth-order valence-electron chi connectivity index (χ4n) is 2.52. The number of rotatable bonds is 6. The van der Waals surface area contributed by atoms with E-state index in [4.69, 9.17) is 11.6 Å². The third kappa shape index (κ3) is 4.18. The van der Waals surface area contributed by atoms with Crippen LogP contribution >= 0.6 is 11.6 Å². The zero-order valence-corrected chi connectivity index (χ0v) is 15.1. The van der Waals surface area contributed by atoms with Crippen LogP contribution in [0.2, 0.25) is 5.15 Å². The molecule has 26 heavy (non-hydrogen) atoms. The Hall–Kier alpha value is -2.49. The molecule has 2 atom stereocenters. The van der Waals surface area contributed by atoms with Crippen molar-refractivity contribution in [3.8, 4) is 5.69 Å². The van der Waals surface area contributed by atoms with Gasteiger partial charge in [0.2, 0.25) is 15.9 Å². The average molecular weight is 394 g/mol. The van der Waals surface area contributed by atoms with Gasteiger partial charge in [-0.25, -0.2) is 17.8 Å². The van der Waals surface area contributed by atoms with Gasteiger partial charge in [0, 0.05) is 17.6 Å². The lowest BCUT2D eigenvalue weighted by Gasteiger charge is -2.12. The maximum atomic E-state index is 12.4. The monoisotopic (exact) mass is 393 g/mol. The Balaban J connectivity index is 1.65. The SMILES string of the molecule is C=CS(=O)(=O)N[C@H]1C=C[C@@H](C(=O)Nc2cn(-c3cccnc3)nc2Cl)C1. The maximum absolute atomic E-state index is 12.4. The summed E-state index contributed by atoms with van der Waals surface area (Å²) in [6.07, 6.45) is 8.46. The van der Waals surface area contributed by atoms with E-state index < -0.39 is 22.0 Å². The Morgan fingerprint density at radius 3 is 2.92 bits per heavy atom. The number of hydrogen-bond acceptors (Lipinski definition) is 5. The number of pyridine rings is 1. The normalized spacial score (nSPS) is 19.4. The first-order valence-electron chi connectivity index (χ1n) is 7.67. The van der Waals surface area contributed by atoms with Crippen LogP contribution in [0.4, 0.5) is 5.69 Å². The van der Waals surface area contributed by atoms with Crippen molar-refractivity contribution in [1.29, 1.82) is 0 Å². The maximum Gasteiger partial charge on any atom is 0.233 e. The van der Waals surface area contributed by atoms with Crippen molar-refractivity contribution in [3.05, 3.63) is 60.0 Å². The van der Waals surface area contributed by atoms with Crippen molar-refractivity contribution in [2.75, 3.05) is 5.32 Å². The topological polar surface area (TPSA) is 106 Å². The number of hydrogen-bond donors (Lipinski definition) is 2. The highest BCUT2D eigenvalue weighted by Gasteiger charge is 2.27. The molecule has 1 amide bonds. The van der Waals surface area contributed by atoms with E-state index in [0.717, 1.165) is 5.41 Å². The van der Waals surface area contributed by atoms with Crippen LogP contribution in [0, 0.1) is 5.92 Å².